The molecule has 0 atom stereocenters. The van der Waals surface area contributed by atoms with Crippen LogP contribution in [0.1, 0.15) is 37.7 Å². The van der Waals surface area contributed by atoms with Gasteiger partial charge in [0.2, 0.25) is 0 Å². The van der Waals surface area contributed by atoms with Gasteiger partial charge in [-0.2, -0.15) is 5.26 Å². The van der Waals surface area contributed by atoms with Crippen LogP contribution in [-0.2, 0) is 0 Å². The predicted molar refractivity (Wildman–Crippen MR) is 80.0 cm³/mol. The van der Waals surface area contributed by atoms with E-state index < -0.39 is 0 Å². The van der Waals surface area contributed by atoms with Crippen molar-refractivity contribution in [2.75, 3.05) is 18.5 Å². The smallest absolute Gasteiger partial charge is 0.101 e. The molecule has 0 saturated heterocycles. The number of nitrogens with one attached hydrogen (secondary N) is 1. The highest BCUT2D eigenvalue weighted by atomic mass is 79.9. The Morgan fingerprint density at radius 2 is 2.05 bits per heavy atom. The molecule has 0 bridgehead atoms. The van der Waals surface area contributed by atoms with Crippen molar-refractivity contribution in [3.63, 3.8) is 0 Å². The van der Waals surface area contributed by atoms with Crippen molar-refractivity contribution < 1.29 is 5.11 Å². The maximum atomic E-state index is 9.69. The van der Waals surface area contributed by atoms with Gasteiger partial charge in [-0.05, 0) is 31.0 Å². The molecule has 1 saturated carbocycles. The van der Waals surface area contributed by atoms with E-state index in [1.165, 1.54) is 19.3 Å². The fraction of sp³-hybridized carbons (Fsp3) is 0.533. The summed E-state index contributed by atoms with van der Waals surface area (Å²) in [4.78, 5) is 0. The van der Waals surface area contributed by atoms with Gasteiger partial charge in [-0.25, -0.2) is 0 Å². The lowest BCUT2D eigenvalue weighted by molar-refractivity contribution is 0.0944. The highest BCUT2D eigenvalue weighted by molar-refractivity contribution is 9.10. The number of nitrogens with zero attached hydrogens (tertiary/aromatic N) is 1. The molecule has 0 amide bonds. The van der Waals surface area contributed by atoms with E-state index in [9.17, 15) is 5.11 Å². The summed E-state index contributed by atoms with van der Waals surface area (Å²) in [5.74, 6) is 0. The lowest BCUT2D eigenvalue weighted by Gasteiger charge is -2.36. The summed E-state index contributed by atoms with van der Waals surface area (Å²) < 4.78 is 0.954. The molecule has 2 N–H and O–H groups in total. The van der Waals surface area contributed by atoms with Crippen molar-refractivity contribution in [1.29, 1.82) is 5.26 Å². The third kappa shape index (κ3) is 3.49. The van der Waals surface area contributed by atoms with Gasteiger partial charge in [-0.15, -0.1) is 0 Å². The van der Waals surface area contributed by atoms with E-state index in [-0.39, 0.29) is 12.0 Å². The van der Waals surface area contributed by atoms with Crippen molar-refractivity contribution >= 4 is 21.6 Å². The molecule has 0 unspecified atom stereocenters. The van der Waals surface area contributed by atoms with E-state index in [0.717, 1.165) is 29.5 Å². The number of benzene rings is 1. The number of nitriles is 1. The quantitative estimate of drug-likeness (QED) is 0.889. The summed E-state index contributed by atoms with van der Waals surface area (Å²) in [6.45, 7) is 0.949. The van der Waals surface area contributed by atoms with Crippen molar-refractivity contribution in [3.8, 4) is 6.07 Å². The van der Waals surface area contributed by atoms with E-state index in [1.807, 2.05) is 12.1 Å². The second-order valence-corrected chi connectivity index (χ2v) is 6.29. The van der Waals surface area contributed by atoms with Gasteiger partial charge < -0.3 is 10.4 Å². The van der Waals surface area contributed by atoms with Crippen LogP contribution in [0.4, 0.5) is 5.69 Å². The van der Waals surface area contributed by atoms with Gasteiger partial charge in [-0.3, -0.25) is 0 Å². The summed E-state index contributed by atoms with van der Waals surface area (Å²) in [6, 6.07) is 7.79. The van der Waals surface area contributed by atoms with Gasteiger partial charge in [-0.1, -0.05) is 35.2 Å². The number of aliphatic hydroxyl groups is 1. The number of aliphatic hydroxyl groups excluding tert-OH is 1. The third-order valence-electron chi connectivity index (χ3n) is 4.01. The molecule has 0 aliphatic heterocycles. The van der Waals surface area contributed by atoms with Gasteiger partial charge in [0.05, 0.1) is 17.9 Å². The second-order valence-electron chi connectivity index (χ2n) is 5.37. The molecule has 1 fully saturated rings. The molecule has 1 aromatic rings. The molecule has 0 spiro atoms. The maximum absolute atomic E-state index is 9.69. The number of anilines is 1. The van der Waals surface area contributed by atoms with E-state index in [1.54, 1.807) is 6.07 Å². The van der Waals surface area contributed by atoms with Crippen LogP contribution in [0, 0.1) is 16.7 Å². The van der Waals surface area contributed by atoms with Crippen LogP contribution in [0.3, 0.4) is 0 Å². The Kier molecular flexibility index (Phi) is 4.84. The Hall–Kier alpha value is -1.05. The Bertz CT molecular complexity index is 476. The van der Waals surface area contributed by atoms with Crippen LogP contribution in [0.5, 0.6) is 0 Å². The first-order valence-electron chi connectivity index (χ1n) is 6.73. The zero-order valence-corrected chi connectivity index (χ0v) is 12.5. The van der Waals surface area contributed by atoms with E-state index in [2.05, 4.69) is 27.3 Å². The van der Waals surface area contributed by atoms with Gasteiger partial charge in [0.25, 0.3) is 0 Å². The molecule has 19 heavy (non-hydrogen) atoms. The average Bonchev–Trinajstić information content (AvgIpc) is 2.46. The molecule has 4 heteroatoms. The number of hydrogen-bond donors (Lipinski definition) is 2. The van der Waals surface area contributed by atoms with Gasteiger partial charge in [0.15, 0.2) is 0 Å². The molecule has 1 aliphatic rings. The van der Waals surface area contributed by atoms with Crippen LogP contribution in [0.2, 0.25) is 0 Å². The largest absolute Gasteiger partial charge is 0.396 e. The lowest BCUT2D eigenvalue weighted by Crippen LogP contribution is -2.35. The van der Waals surface area contributed by atoms with Gasteiger partial charge >= 0.3 is 0 Å². The lowest BCUT2D eigenvalue weighted by atomic mass is 9.74. The molecule has 102 valence electrons. The summed E-state index contributed by atoms with van der Waals surface area (Å²) in [7, 11) is 0. The van der Waals surface area contributed by atoms with E-state index in [0.29, 0.717) is 5.56 Å². The van der Waals surface area contributed by atoms with Crippen LogP contribution < -0.4 is 5.32 Å². The molecule has 1 aromatic carbocycles. The van der Waals surface area contributed by atoms with Crippen LogP contribution >= 0.6 is 15.9 Å². The molecule has 1 aliphatic carbocycles. The third-order valence-corrected chi connectivity index (χ3v) is 4.50. The molecule has 3 nitrogen and oxygen atoms in total. The Morgan fingerprint density at radius 3 is 2.68 bits per heavy atom. The molecule has 0 heterocycles. The highest BCUT2D eigenvalue weighted by Crippen LogP contribution is 2.36. The SMILES string of the molecule is N#Cc1ccc(Br)cc1NCC1(CO)CCCCC1. The van der Waals surface area contributed by atoms with Crippen molar-refractivity contribution in [3.05, 3.63) is 28.2 Å². The Labute approximate surface area is 122 Å². The Morgan fingerprint density at radius 1 is 1.32 bits per heavy atom. The van der Waals surface area contributed by atoms with Crippen molar-refractivity contribution in [2.45, 2.75) is 32.1 Å². The molecule has 0 radical (unpaired) electrons. The highest BCUT2D eigenvalue weighted by Gasteiger charge is 2.31. The number of hydrogen-bond acceptors (Lipinski definition) is 3. The normalized spacial score (nSPS) is 17.7. The van der Waals surface area contributed by atoms with E-state index >= 15 is 0 Å². The zero-order chi connectivity index (χ0) is 13.7. The first-order chi connectivity index (χ1) is 9.19. The minimum absolute atomic E-state index is 0.0205. The summed E-state index contributed by atoms with van der Waals surface area (Å²) in [6.07, 6.45) is 5.76. The van der Waals surface area contributed by atoms with Crippen molar-refractivity contribution in [1.82, 2.24) is 0 Å². The Balaban J connectivity index is 2.09. The predicted octanol–water partition coefficient (Wildman–Crippen LogP) is 3.68. The standard InChI is InChI=1S/C15H19BrN2O/c16-13-5-4-12(9-17)14(8-13)18-10-15(11-19)6-2-1-3-7-15/h4-5,8,18-19H,1-3,6-7,10-11H2. The number of rotatable bonds is 4. The summed E-state index contributed by atoms with van der Waals surface area (Å²) in [5, 5.41) is 22.2. The topological polar surface area (TPSA) is 56.0 Å². The second kappa shape index (κ2) is 6.40. The first kappa shape index (κ1) is 14.4. The summed E-state index contributed by atoms with van der Waals surface area (Å²) in [5.41, 5.74) is 1.47. The fourth-order valence-electron chi connectivity index (χ4n) is 2.74. The maximum Gasteiger partial charge on any atom is 0.101 e. The molecule has 0 aromatic heterocycles. The van der Waals surface area contributed by atoms with Crippen LogP contribution in [0.25, 0.3) is 0 Å². The minimum atomic E-state index is -0.0205. The van der Waals surface area contributed by atoms with Crippen molar-refractivity contribution in [2.24, 2.45) is 5.41 Å². The first-order valence-corrected chi connectivity index (χ1v) is 7.53. The number of halogens is 1. The van der Waals surface area contributed by atoms with Crippen LogP contribution in [0.15, 0.2) is 22.7 Å². The van der Waals surface area contributed by atoms with E-state index in [4.69, 9.17) is 5.26 Å². The molecular weight excluding hydrogens is 304 g/mol. The molecular formula is C15H19BrN2O. The zero-order valence-electron chi connectivity index (χ0n) is 11.0. The average molecular weight is 323 g/mol. The van der Waals surface area contributed by atoms with Gasteiger partial charge in [0.1, 0.15) is 6.07 Å². The monoisotopic (exact) mass is 322 g/mol. The minimum Gasteiger partial charge on any atom is -0.396 e. The van der Waals surface area contributed by atoms with Gasteiger partial charge in [0, 0.05) is 16.4 Å². The fourth-order valence-corrected chi connectivity index (χ4v) is 3.10. The van der Waals surface area contributed by atoms with Crippen LogP contribution in [-0.4, -0.2) is 18.3 Å². The summed E-state index contributed by atoms with van der Waals surface area (Å²) >= 11 is 3.42. The molecule has 2 rings (SSSR count).